The van der Waals surface area contributed by atoms with Crippen LogP contribution in [-0.4, -0.2) is 36.7 Å². The first-order valence-electron chi connectivity index (χ1n) is 6.92. The topological polar surface area (TPSA) is 63.2 Å². The monoisotopic (exact) mass is 303 g/mol. The highest BCUT2D eigenvalue weighted by molar-refractivity contribution is 7.13. The molecule has 0 bridgehead atoms. The number of nitrogens with zero attached hydrogens (tertiary/aromatic N) is 1. The molecule has 1 fully saturated rings. The fraction of sp³-hybridized carbons (Fsp3) is 0.333. The summed E-state index contributed by atoms with van der Waals surface area (Å²) in [6, 6.07) is 7.85. The molecule has 1 unspecified atom stereocenters. The lowest BCUT2D eigenvalue weighted by atomic mass is 10.1. The quantitative estimate of drug-likeness (QED) is 0.908. The minimum absolute atomic E-state index is 0.00000129. The average molecular weight is 303 g/mol. The minimum atomic E-state index is -0.00000129. The first-order chi connectivity index (χ1) is 10.3. The number of hydrogen-bond donors (Lipinski definition) is 2. The van der Waals surface area contributed by atoms with E-state index in [0.717, 1.165) is 29.4 Å². The molecule has 0 aliphatic carbocycles. The van der Waals surface area contributed by atoms with Crippen LogP contribution in [0.3, 0.4) is 0 Å². The van der Waals surface area contributed by atoms with Crippen molar-refractivity contribution in [2.45, 2.75) is 12.5 Å². The number of benzene rings is 1. The van der Waals surface area contributed by atoms with E-state index >= 15 is 0 Å². The van der Waals surface area contributed by atoms with Gasteiger partial charge in [0.15, 0.2) is 0 Å². The Morgan fingerprint density at radius 3 is 2.95 bits per heavy atom. The molecular weight excluding hydrogens is 286 g/mol. The molecule has 110 valence electrons. The van der Waals surface area contributed by atoms with Gasteiger partial charge in [-0.3, -0.25) is 4.79 Å². The van der Waals surface area contributed by atoms with Gasteiger partial charge in [-0.25, -0.2) is 4.98 Å². The second-order valence-corrected chi connectivity index (χ2v) is 5.79. The number of ether oxygens (including phenoxy) is 1. The van der Waals surface area contributed by atoms with Gasteiger partial charge >= 0.3 is 0 Å². The van der Waals surface area contributed by atoms with Crippen LogP contribution in [0.5, 0.6) is 0 Å². The highest BCUT2D eigenvalue weighted by Crippen LogP contribution is 2.23. The Balaban J connectivity index is 1.56. The van der Waals surface area contributed by atoms with Gasteiger partial charge in [0.1, 0.15) is 5.01 Å². The Kier molecular flexibility index (Phi) is 4.59. The molecule has 1 aromatic carbocycles. The van der Waals surface area contributed by atoms with Gasteiger partial charge in [-0.15, -0.1) is 11.3 Å². The van der Waals surface area contributed by atoms with Crippen LogP contribution in [0.2, 0.25) is 0 Å². The normalized spacial score (nSPS) is 18.4. The number of carbonyl (C=O) groups is 1. The number of carbonyl (C=O) groups excluding carboxylic acids is 1. The molecule has 3 rings (SSSR count). The number of anilines is 1. The molecule has 5 nitrogen and oxygen atoms in total. The van der Waals surface area contributed by atoms with Gasteiger partial charge in [-0.05, 0) is 24.3 Å². The highest BCUT2D eigenvalue weighted by Gasteiger charge is 2.16. The van der Waals surface area contributed by atoms with Crippen molar-refractivity contribution in [1.82, 2.24) is 10.3 Å². The largest absolute Gasteiger partial charge is 0.378 e. The number of nitrogens with one attached hydrogen (secondary N) is 2. The summed E-state index contributed by atoms with van der Waals surface area (Å²) in [5.74, 6) is -0.00000129. The Morgan fingerprint density at radius 1 is 1.43 bits per heavy atom. The third-order valence-corrected chi connectivity index (χ3v) is 4.10. The van der Waals surface area contributed by atoms with Gasteiger partial charge in [-0.2, -0.15) is 0 Å². The number of thiazole rings is 1. The summed E-state index contributed by atoms with van der Waals surface area (Å²) in [6.45, 7) is 2.12. The lowest BCUT2D eigenvalue weighted by Crippen LogP contribution is -2.43. The van der Waals surface area contributed by atoms with E-state index in [1.165, 1.54) is 0 Å². The van der Waals surface area contributed by atoms with Gasteiger partial charge in [0.05, 0.1) is 13.2 Å². The third kappa shape index (κ3) is 3.87. The zero-order valence-corrected chi connectivity index (χ0v) is 12.4. The summed E-state index contributed by atoms with van der Waals surface area (Å²) < 4.78 is 5.34. The Hall–Kier alpha value is -1.76. The van der Waals surface area contributed by atoms with E-state index in [1.54, 1.807) is 17.5 Å². The SMILES string of the molecule is O=C(CC1COCCN1)Nc1ccc(-c2nccs2)cc1. The van der Waals surface area contributed by atoms with Crippen LogP contribution in [-0.2, 0) is 9.53 Å². The van der Waals surface area contributed by atoms with E-state index in [0.29, 0.717) is 13.0 Å². The number of rotatable bonds is 4. The maximum atomic E-state index is 12.0. The predicted octanol–water partition coefficient (Wildman–Crippen LogP) is 2.13. The molecule has 1 aromatic heterocycles. The van der Waals surface area contributed by atoms with E-state index in [9.17, 15) is 4.79 Å². The fourth-order valence-corrected chi connectivity index (χ4v) is 2.89. The molecule has 0 spiro atoms. The smallest absolute Gasteiger partial charge is 0.226 e. The Bertz CT molecular complexity index is 577. The van der Waals surface area contributed by atoms with Crippen molar-refractivity contribution < 1.29 is 9.53 Å². The molecule has 2 aromatic rings. The van der Waals surface area contributed by atoms with Crippen molar-refractivity contribution >= 4 is 22.9 Å². The van der Waals surface area contributed by atoms with Crippen LogP contribution < -0.4 is 10.6 Å². The Labute approximate surface area is 127 Å². The van der Waals surface area contributed by atoms with Crippen LogP contribution in [0.15, 0.2) is 35.8 Å². The molecule has 1 atom stereocenters. The number of aromatic nitrogens is 1. The van der Waals surface area contributed by atoms with Crippen LogP contribution in [0.1, 0.15) is 6.42 Å². The summed E-state index contributed by atoms with van der Waals surface area (Å²) in [5, 5.41) is 9.11. The van der Waals surface area contributed by atoms with Crippen molar-refractivity contribution in [3.05, 3.63) is 35.8 Å². The molecule has 2 heterocycles. The summed E-state index contributed by atoms with van der Waals surface area (Å²) in [4.78, 5) is 16.2. The molecule has 6 heteroatoms. The fourth-order valence-electron chi connectivity index (χ4n) is 2.25. The summed E-state index contributed by atoms with van der Waals surface area (Å²) >= 11 is 1.60. The maximum absolute atomic E-state index is 12.0. The molecule has 21 heavy (non-hydrogen) atoms. The molecule has 2 N–H and O–H groups in total. The lowest BCUT2D eigenvalue weighted by molar-refractivity contribution is -0.117. The average Bonchev–Trinajstić information content (AvgIpc) is 3.03. The van der Waals surface area contributed by atoms with Gasteiger partial charge in [0.25, 0.3) is 0 Å². The van der Waals surface area contributed by atoms with Crippen LogP contribution in [0, 0.1) is 0 Å². The third-order valence-electron chi connectivity index (χ3n) is 3.28. The number of amides is 1. The lowest BCUT2D eigenvalue weighted by Gasteiger charge is -2.23. The summed E-state index contributed by atoms with van der Waals surface area (Å²) in [7, 11) is 0. The van der Waals surface area contributed by atoms with Crippen LogP contribution in [0.25, 0.3) is 10.6 Å². The van der Waals surface area contributed by atoms with Crippen molar-refractivity contribution in [3.63, 3.8) is 0 Å². The van der Waals surface area contributed by atoms with E-state index in [-0.39, 0.29) is 11.9 Å². The van der Waals surface area contributed by atoms with E-state index < -0.39 is 0 Å². The minimum Gasteiger partial charge on any atom is -0.378 e. The summed E-state index contributed by atoms with van der Waals surface area (Å²) in [6.07, 6.45) is 2.21. The van der Waals surface area contributed by atoms with Gasteiger partial charge in [0, 0.05) is 41.8 Å². The van der Waals surface area contributed by atoms with Gasteiger partial charge in [-0.1, -0.05) is 0 Å². The molecule has 1 saturated heterocycles. The van der Waals surface area contributed by atoms with E-state index in [1.807, 2.05) is 29.6 Å². The molecule has 1 aliphatic heterocycles. The first-order valence-corrected chi connectivity index (χ1v) is 7.80. The van der Waals surface area contributed by atoms with Gasteiger partial charge < -0.3 is 15.4 Å². The number of hydrogen-bond acceptors (Lipinski definition) is 5. The molecule has 1 aliphatic rings. The number of morpholine rings is 1. The van der Waals surface area contributed by atoms with E-state index in [4.69, 9.17) is 4.74 Å². The Morgan fingerprint density at radius 2 is 2.29 bits per heavy atom. The van der Waals surface area contributed by atoms with Crippen molar-refractivity contribution in [1.29, 1.82) is 0 Å². The van der Waals surface area contributed by atoms with Crippen molar-refractivity contribution in [2.75, 3.05) is 25.1 Å². The predicted molar refractivity (Wildman–Crippen MR) is 83.4 cm³/mol. The maximum Gasteiger partial charge on any atom is 0.226 e. The van der Waals surface area contributed by atoms with Crippen molar-refractivity contribution in [2.24, 2.45) is 0 Å². The standard InChI is InChI=1S/C15H17N3O2S/c19-14(9-13-10-20-7-5-16-13)18-12-3-1-11(2-4-12)15-17-6-8-21-15/h1-4,6,8,13,16H,5,7,9-10H2,(H,18,19). The van der Waals surface area contributed by atoms with Crippen molar-refractivity contribution in [3.8, 4) is 10.6 Å². The molecule has 1 amide bonds. The first kappa shape index (κ1) is 14.2. The molecular formula is C15H17N3O2S. The highest BCUT2D eigenvalue weighted by atomic mass is 32.1. The second-order valence-electron chi connectivity index (χ2n) is 4.89. The van der Waals surface area contributed by atoms with Gasteiger partial charge in [0.2, 0.25) is 5.91 Å². The van der Waals surface area contributed by atoms with E-state index in [2.05, 4.69) is 15.6 Å². The summed E-state index contributed by atoms with van der Waals surface area (Å²) in [5.41, 5.74) is 1.86. The molecule has 0 saturated carbocycles. The van der Waals surface area contributed by atoms with Crippen LogP contribution >= 0.6 is 11.3 Å². The zero-order chi connectivity index (χ0) is 14.5. The van der Waals surface area contributed by atoms with Crippen LogP contribution in [0.4, 0.5) is 5.69 Å². The molecule has 0 radical (unpaired) electrons. The second kappa shape index (κ2) is 6.80. The zero-order valence-electron chi connectivity index (χ0n) is 11.5.